The zero-order chi connectivity index (χ0) is 15.5. The number of benzene rings is 1. The summed E-state index contributed by atoms with van der Waals surface area (Å²) in [7, 11) is 0. The van der Waals surface area contributed by atoms with Gasteiger partial charge in [-0.2, -0.15) is 0 Å². The van der Waals surface area contributed by atoms with Gasteiger partial charge in [-0.1, -0.05) is 18.2 Å². The monoisotopic (exact) mass is 307 g/mol. The molecule has 0 radical (unpaired) electrons. The second-order valence-corrected chi connectivity index (χ2v) is 6.16. The van der Waals surface area contributed by atoms with Crippen LogP contribution in [0.25, 0.3) is 10.9 Å². The number of para-hydroxylation sites is 1. The Kier molecular flexibility index (Phi) is 3.99. The zero-order valence-electron chi connectivity index (χ0n) is 13.1. The number of fused-ring (bicyclic) bond motifs is 1. The molecule has 1 aromatic carbocycles. The normalized spacial score (nSPS) is 16.7. The Labute approximate surface area is 136 Å². The molecule has 0 unspecified atom stereocenters. The number of nitrogens with one attached hydrogen (secondary N) is 1. The van der Waals surface area contributed by atoms with Gasteiger partial charge >= 0.3 is 0 Å². The van der Waals surface area contributed by atoms with Gasteiger partial charge in [0.15, 0.2) is 0 Å². The largest absolute Gasteiger partial charge is 0.490 e. The van der Waals surface area contributed by atoms with E-state index in [1.54, 1.807) is 12.4 Å². The summed E-state index contributed by atoms with van der Waals surface area (Å²) in [4.78, 5) is 10.0. The van der Waals surface area contributed by atoms with Crippen molar-refractivity contribution in [2.75, 3.05) is 13.1 Å². The van der Waals surface area contributed by atoms with E-state index in [1.165, 1.54) is 16.6 Å². The highest BCUT2D eigenvalue weighted by atomic mass is 16.5. The number of ether oxygens (including phenoxy) is 1. The van der Waals surface area contributed by atoms with Crippen LogP contribution in [0.15, 0.2) is 54.9 Å². The lowest BCUT2D eigenvalue weighted by atomic mass is 10.1. The molecule has 4 heteroatoms. The van der Waals surface area contributed by atoms with Crippen molar-refractivity contribution in [2.45, 2.75) is 25.5 Å². The Bertz CT molecular complexity index is 727. The minimum absolute atomic E-state index is 0.316. The third-order valence-corrected chi connectivity index (χ3v) is 4.47. The minimum atomic E-state index is 0.316. The first-order valence-corrected chi connectivity index (χ1v) is 8.22. The SMILES string of the molecule is c1ccc2[nH]c(CN3CCC(Oc4ccncc4)CC3)cc2c1. The Morgan fingerprint density at radius 3 is 2.65 bits per heavy atom. The van der Waals surface area contributed by atoms with Crippen LogP contribution < -0.4 is 4.74 Å². The number of piperidine rings is 1. The molecule has 3 aromatic rings. The molecule has 2 aromatic heterocycles. The van der Waals surface area contributed by atoms with Gasteiger partial charge in [0.2, 0.25) is 0 Å². The number of aromatic amines is 1. The Hall–Kier alpha value is -2.33. The molecule has 0 spiro atoms. The average molecular weight is 307 g/mol. The molecule has 1 N–H and O–H groups in total. The smallest absolute Gasteiger partial charge is 0.122 e. The van der Waals surface area contributed by atoms with Crippen molar-refractivity contribution in [3.8, 4) is 5.75 Å². The average Bonchev–Trinajstić information content (AvgIpc) is 3.00. The summed E-state index contributed by atoms with van der Waals surface area (Å²) in [5, 5.41) is 1.29. The van der Waals surface area contributed by atoms with Crippen LogP contribution >= 0.6 is 0 Å². The van der Waals surface area contributed by atoms with Gasteiger partial charge in [-0.05, 0) is 42.5 Å². The van der Waals surface area contributed by atoms with Gasteiger partial charge in [0.25, 0.3) is 0 Å². The maximum atomic E-state index is 6.03. The summed E-state index contributed by atoms with van der Waals surface area (Å²) in [6.07, 6.45) is 6.02. The number of H-pyrrole nitrogens is 1. The highest BCUT2D eigenvalue weighted by molar-refractivity contribution is 5.80. The van der Waals surface area contributed by atoms with Crippen LogP contribution in [0.2, 0.25) is 0 Å². The van der Waals surface area contributed by atoms with Crippen LogP contribution in [0.5, 0.6) is 5.75 Å². The van der Waals surface area contributed by atoms with Crippen molar-refractivity contribution in [3.05, 3.63) is 60.6 Å². The Balaban J connectivity index is 1.32. The first-order chi connectivity index (χ1) is 11.4. The third kappa shape index (κ3) is 3.37. The lowest BCUT2D eigenvalue weighted by Gasteiger charge is -2.31. The van der Waals surface area contributed by atoms with E-state index in [1.807, 2.05) is 12.1 Å². The molecule has 23 heavy (non-hydrogen) atoms. The van der Waals surface area contributed by atoms with E-state index in [9.17, 15) is 0 Å². The summed E-state index contributed by atoms with van der Waals surface area (Å²) < 4.78 is 6.03. The van der Waals surface area contributed by atoms with Gasteiger partial charge in [-0.3, -0.25) is 9.88 Å². The predicted molar refractivity (Wildman–Crippen MR) is 91.5 cm³/mol. The van der Waals surface area contributed by atoms with Crippen molar-refractivity contribution < 1.29 is 4.74 Å². The molecule has 0 amide bonds. The summed E-state index contributed by atoms with van der Waals surface area (Å²) in [6, 6.07) is 14.6. The number of rotatable bonds is 4. The summed E-state index contributed by atoms with van der Waals surface area (Å²) in [5.74, 6) is 0.925. The number of likely N-dealkylation sites (tertiary alicyclic amines) is 1. The molecule has 4 nitrogen and oxygen atoms in total. The molecule has 3 heterocycles. The molecule has 1 saturated heterocycles. The molecule has 1 aliphatic heterocycles. The fraction of sp³-hybridized carbons (Fsp3) is 0.316. The van der Waals surface area contributed by atoms with Crippen LogP contribution in [0.1, 0.15) is 18.5 Å². The lowest BCUT2D eigenvalue weighted by Crippen LogP contribution is -2.37. The predicted octanol–water partition coefficient (Wildman–Crippen LogP) is 3.61. The van der Waals surface area contributed by atoms with Gasteiger partial charge in [-0.25, -0.2) is 0 Å². The molecule has 0 atom stereocenters. The summed E-state index contributed by atoms with van der Waals surface area (Å²) >= 11 is 0. The van der Waals surface area contributed by atoms with E-state index in [4.69, 9.17) is 4.74 Å². The molecule has 4 rings (SSSR count). The van der Waals surface area contributed by atoms with Crippen LogP contribution in [0, 0.1) is 0 Å². The first kappa shape index (κ1) is 14.3. The van der Waals surface area contributed by atoms with Crippen molar-refractivity contribution >= 4 is 10.9 Å². The number of pyridine rings is 1. The van der Waals surface area contributed by atoms with Crippen molar-refractivity contribution in [1.29, 1.82) is 0 Å². The van der Waals surface area contributed by atoms with Crippen LogP contribution in [0.3, 0.4) is 0 Å². The fourth-order valence-electron chi connectivity index (χ4n) is 3.25. The summed E-state index contributed by atoms with van der Waals surface area (Å²) in [5.41, 5.74) is 2.51. The third-order valence-electron chi connectivity index (χ3n) is 4.47. The molecule has 1 aliphatic rings. The van der Waals surface area contributed by atoms with Crippen LogP contribution in [-0.2, 0) is 6.54 Å². The molecular formula is C19H21N3O. The van der Waals surface area contributed by atoms with E-state index < -0.39 is 0 Å². The van der Waals surface area contributed by atoms with Crippen LogP contribution in [0.4, 0.5) is 0 Å². The van der Waals surface area contributed by atoms with Gasteiger partial charge < -0.3 is 9.72 Å². The van der Waals surface area contributed by atoms with E-state index >= 15 is 0 Å². The number of hydrogen-bond donors (Lipinski definition) is 1. The van der Waals surface area contributed by atoms with Crippen LogP contribution in [-0.4, -0.2) is 34.1 Å². The second kappa shape index (κ2) is 6.42. The maximum absolute atomic E-state index is 6.03. The topological polar surface area (TPSA) is 41.2 Å². The van der Waals surface area contributed by atoms with Gasteiger partial charge in [0.05, 0.1) is 0 Å². The van der Waals surface area contributed by atoms with Gasteiger partial charge in [0.1, 0.15) is 11.9 Å². The molecule has 1 fully saturated rings. The quantitative estimate of drug-likeness (QED) is 0.800. The number of hydrogen-bond acceptors (Lipinski definition) is 3. The second-order valence-electron chi connectivity index (χ2n) is 6.16. The highest BCUT2D eigenvalue weighted by Gasteiger charge is 2.21. The molecule has 0 saturated carbocycles. The fourth-order valence-corrected chi connectivity index (χ4v) is 3.25. The number of nitrogens with zero attached hydrogens (tertiary/aromatic N) is 2. The minimum Gasteiger partial charge on any atom is -0.490 e. The molecular weight excluding hydrogens is 286 g/mol. The van der Waals surface area contributed by atoms with E-state index in [2.05, 4.69) is 45.2 Å². The molecule has 0 bridgehead atoms. The lowest BCUT2D eigenvalue weighted by molar-refractivity contribution is 0.0962. The number of aromatic nitrogens is 2. The van der Waals surface area contributed by atoms with Crippen molar-refractivity contribution in [1.82, 2.24) is 14.9 Å². The Morgan fingerprint density at radius 2 is 1.87 bits per heavy atom. The van der Waals surface area contributed by atoms with Gasteiger partial charge in [-0.15, -0.1) is 0 Å². The standard InChI is InChI=1S/C19H21N3O/c1-2-4-19-15(3-1)13-16(21-19)14-22-11-7-18(8-12-22)23-17-5-9-20-10-6-17/h1-6,9-10,13,18,21H,7-8,11-12,14H2. The van der Waals surface area contributed by atoms with Gasteiger partial charge in [0, 0.05) is 43.2 Å². The van der Waals surface area contributed by atoms with Crippen molar-refractivity contribution in [3.63, 3.8) is 0 Å². The first-order valence-electron chi connectivity index (χ1n) is 8.22. The highest BCUT2D eigenvalue weighted by Crippen LogP contribution is 2.21. The van der Waals surface area contributed by atoms with E-state index in [0.717, 1.165) is 38.2 Å². The molecule has 0 aliphatic carbocycles. The van der Waals surface area contributed by atoms with E-state index in [-0.39, 0.29) is 0 Å². The van der Waals surface area contributed by atoms with Crippen molar-refractivity contribution in [2.24, 2.45) is 0 Å². The zero-order valence-corrected chi connectivity index (χ0v) is 13.1. The molecule has 118 valence electrons. The maximum Gasteiger partial charge on any atom is 0.122 e. The summed E-state index contributed by atoms with van der Waals surface area (Å²) in [6.45, 7) is 3.13. The Morgan fingerprint density at radius 1 is 1.09 bits per heavy atom. The van der Waals surface area contributed by atoms with E-state index in [0.29, 0.717) is 6.10 Å².